The lowest BCUT2D eigenvalue weighted by atomic mass is 10.5. The SMILES string of the molecule is CCc1ncc[nH]1.C[Si](C)(C)n1ccnc1. The minimum Gasteiger partial charge on any atom is -0.365 e. The van der Waals surface area contributed by atoms with Crippen LogP contribution in [-0.4, -0.2) is 27.4 Å². The topological polar surface area (TPSA) is 46.5 Å². The Morgan fingerprint density at radius 3 is 2.31 bits per heavy atom. The van der Waals surface area contributed by atoms with Crippen LogP contribution in [-0.2, 0) is 6.42 Å². The number of H-pyrrole nitrogens is 1. The van der Waals surface area contributed by atoms with Crippen molar-refractivity contribution in [1.29, 1.82) is 0 Å². The van der Waals surface area contributed by atoms with E-state index >= 15 is 0 Å². The van der Waals surface area contributed by atoms with Crippen molar-refractivity contribution in [1.82, 2.24) is 19.2 Å². The van der Waals surface area contributed by atoms with E-state index in [0.29, 0.717) is 0 Å². The average molecular weight is 236 g/mol. The van der Waals surface area contributed by atoms with E-state index in [1.807, 2.05) is 24.9 Å². The van der Waals surface area contributed by atoms with Crippen LogP contribution in [0.15, 0.2) is 31.1 Å². The van der Waals surface area contributed by atoms with Crippen molar-refractivity contribution in [2.75, 3.05) is 0 Å². The van der Waals surface area contributed by atoms with E-state index in [4.69, 9.17) is 0 Å². The Morgan fingerprint density at radius 1 is 1.31 bits per heavy atom. The van der Waals surface area contributed by atoms with Crippen molar-refractivity contribution in [2.45, 2.75) is 33.0 Å². The summed E-state index contributed by atoms with van der Waals surface area (Å²) in [7, 11) is -1.13. The smallest absolute Gasteiger partial charge is 0.154 e. The first-order valence-corrected chi connectivity index (χ1v) is 8.95. The monoisotopic (exact) mass is 236 g/mol. The maximum atomic E-state index is 3.99. The molecule has 0 amide bonds. The van der Waals surface area contributed by atoms with Gasteiger partial charge in [0.15, 0.2) is 8.24 Å². The van der Waals surface area contributed by atoms with Gasteiger partial charge in [-0.15, -0.1) is 0 Å². The van der Waals surface area contributed by atoms with E-state index < -0.39 is 8.24 Å². The number of imidazole rings is 2. The minimum absolute atomic E-state index is 0.993. The summed E-state index contributed by atoms with van der Waals surface area (Å²) in [4.78, 5) is 10.9. The molecule has 0 aliphatic carbocycles. The second-order valence-electron chi connectivity index (χ2n) is 4.53. The van der Waals surface area contributed by atoms with E-state index in [-0.39, 0.29) is 0 Å². The first-order valence-electron chi connectivity index (χ1n) is 5.50. The predicted octanol–water partition coefficient (Wildman–Crippen LogP) is 2.54. The maximum absolute atomic E-state index is 3.99. The molecule has 0 aliphatic heterocycles. The van der Waals surface area contributed by atoms with Crippen molar-refractivity contribution in [3.8, 4) is 0 Å². The molecule has 0 saturated carbocycles. The molecule has 0 saturated heterocycles. The molecule has 2 aromatic heterocycles. The lowest BCUT2D eigenvalue weighted by Crippen LogP contribution is -2.30. The predicted molar refractivity (Wildman–Crippen MR) is 68.9 cm³/mol. The summed E-state index contributed by atoms with van der Waals surface area (Å²) >= 11 is 0. The normalized spacial score (nSPS) is 10.8. The molecule has 0 fully saturated rings. The molecule has 88 valence electrons. The van der Waals surface area contributed by atoms with E-state index in [9.17, 15) is 0 Å². The van der Waals surface area contributed by atoms with Crippen LogP contribution in [0.2, 0.25) is 19.6 Å². The molecule has 4 nitrogen and oxygen atoms in total. The first kappa shape index (κ1) is 12.7. The fourth-order valence-electron chi connectivity index (χ4n) is 1.15. The van der Waals surface area contributed by atoms with E-state index in [2.05, 4.69) is 45.7 Å². The lowest BCUT2D eigenvalue weighted by molar-refractivity contribution is 0.990. The Balaban J connectivity index is 0.000000165. The van der Waals surface area contributed by atoms with Crippen LogP contribution in [0, 0.1) is 0 Å². The second-order valence-corrected chi connectivity index (χ2v) is 9.39. The van der Waals surface area contributed by atoms with Gasteiger partial charge in [-0.3, -0.25) is 0 Å². The number of aryl methyl sites for hydroxylation is 1. The first-order chi connectivity index (χ1) is 7.54. The molecular formula is C11H20N4Si. The minimum atomic E-state index is -1.13. The number of nitrogens with zero attached hydrogens (tertiary/aromatic N) is 3. The Kier molecular flexibility index (Phi) is 4.48. The van der Waals surface area contributed by atoms with Gasteiger partial charge in [0.1, 0.15) is 5.82 Å². The van der Waals surface area contributed by atoms with Crippen LogP contribution in [0.1, 0.15) is 12.7 Å². The number of hydrogen-bond acceptors (Lipinski definition) is 2. The Bertz CT molecular complexity index is 373. The molecule has 2 rings (SSSR count). The van der Waals surface area contributed by atoms with Crippen LogP contribution in [0.5, 0.6) is 0 Å². The third kappa shape index (κ3) is 4.02. The van der Waals surface area contributed by atoms with Crippen molar-refractivity contribution < 1.29 is 0 Å². The van der Waals surface area contributed by atoms with Gasteiger partial charge in [0, 0.05) is 31.2 Å². The highest BCUT2D eigenvalue weighted by Crippen LogP contribution is 2.03. The van der Waals surface area contributed by atoms with Crippen molar-refractivity contribution in [3.05, 3.63) is 36.9 Å². The van der Waals surface area contributed by atoms with Crippen molar-refractivity contribution in [3.63, 3.8) is 0 Å². The molecule has 2 heterocycles. The number of hydrogen-bond donors (Lipinski definition) is 1. The molecule has 0 radical (unpaired) electrons. The van der Waals surface area contributed by atoms with Gasteiger partial charge >= 0.3 is 0 Å². The molecule has 5 heteroatoms. The highest BCUT2D eigenvalue weighted by molar-refractivity contribution is 6.74. The van der Waals surface area contributed by atoms with Gasteiger partial charge in [0.05, 0.1) is 6.33 Å². The van der Waals surface area contributed by atoms with Gasteiger partial charge in [-0.25, -0.2) is 9.97 Å². The largest absolute Gasteiger partial charge is 0.365 e. The standard InChI is InChI=1S/C6H12N2Si.C5H8N2/c1-9(2,3)8-5-4-7-6-8;1-2-5-6-3-4-7-5/h4-6H,1-3H3;3-4H,2H2,1H3,(H,6,7). The summed E-state index contributed by atoms with van der Waals surface area (Å²) in [5.41, 5.74) is 0. The van der Waals surface area contributed by atoms with E-state index in [0.717, 1.165) is 12.2 Å². The van der Waals surface area contributed by atoms with E-state index in [1.165, 1.54) is 0 Å². The van der Waals surface area contributed by atoms with E-state index in [1.54, 1.807) is 6.20 Å². The summed E-state index contributed by atoms with van der Waals surface area (Å²) < 4.78 is 2.22. The van der Waals surface area contributed by atoms with Gasteiger partial charge in [-0.05, 0) is 0 Å². The van der Waals surface area contributed by atoms with Crippen molar-refractivity contribution in [2.24, 2.45) is 0 Å². The van der Waals surface area contributed by atoms with Crippen LogP contribution in [0.25, 0.3) is 0 Å². The fourth-order valence-corrected chi connectivity index (χ4v) is 2.07. The van der Waals surface area contributed by atoms with Gasteiger partial charge in [0.25, 0.3) is 0 Å². The number of aromatic amines is 1. The zero-order valence-electron chi connectivity index (χ0n) is 10.4. The average Bonchev–Trinajstić information content (AvgIpc) is 2.91. The van der Waals surface area contributed by atoms with Gasteiger partial charge < -0.3 is 9.22 Å². The summed E-state index contributed by atoms with van der Waals surface area (Å²) in [6.45, 7) is 8.93. The summed E-state index contributed by atoms with van der Waals surface area (Å²) in [5.74, 6) is 1.06. The Labute approximate surface area is 97.8 Å². The number of aromatic nitrogens is 4. The molecule has 0 aliphatic rings. The molecule has 16 heavy (non-hydrogen) atoms. The van der Waals surface area contributed by atoms with Crippen molar-refractivity contribution >= 4 is 8.24 Å². The summed E-state index contributed by atoms with van der Waals surface area (Å²) in [6.07, 6.45) is 10.3. The van der Waals surface area contributed by atoms with Crippen LogP contribution >= 0.6 is 0 Å². The van der Waals surface area contributed by atoms with Crippen LogP contribution in [0.4, 0.5) is 0 Å². The molecule has 0 bridgehead atoms. The maximum Gasteiger partial charge on any atom is 0.154 e. The number of nitrogens with one attached hydrogen (secondary N) is 1. The lowest BCUT2D eigenvalue weighted by Gasteiger charge is -2.16. The Morgan fingerprint density at radius 2 is 2.06 bits per heavy atom. The van der Waals surface area contributed by atoms with Crippen LogP contribution < -0.4 is 0 Å². The third-order valence-corrected chi connectivity index (χ3v) is 3.98. The summed E-state index contributed by atoms with van der Waals surface area (Å²) in [5, 5.41) is 0. The number of rotatable bonds is 2. The summed E-state index contributed by atoms with van der Waals surface area (Å²) in [6, 6.07) is 0. The molecule has 0 aromatic carbocycles. The highest BCUT2D eigenvalue weighted by Gasteiger charge is 2.13. The second kappa shape index (κ2) is 5.65. The molecular weight excluding hydrogens is 216 g/mol. The molecule has 0 atom stereocenters. The molecule has 0 spiro atoms. The Hall–Kier alpha value is -1.36. The van der Waals surface area contributed by atoms with Gasteiger partial charge in [0.2, 0.25) is 0 Å². The fraction of sp³-hybridized carbons (Fsp3) is 0.455. The molecule has 0 unspecified atom stereocenters. The zero-order chi connectivity index (χ0) is 12.0. The van der Waals surface area contributed by atoms with Crippen LogP contribution in [0.3, 0.4) is 0 Å². The zero-order valence-corrected chi connectivity index (χ0v) is 11.4. The third-order valence-electron chi connectivity index (χ3n) is 2.17. The quantitative estimate of drug-likeness (QED) is 0.815. The van der Waals surface area contributed by atoms with Gasteiger partial charge in [-0.2, -0.15) is 0 Å². The molecule has 1 N–H and O–H groups in total. The molecule has 2 aromatic rings. The highest BCUT2D eigenvalue weighted by atomic mass is 28.3. The van der Waals surface area contributed by atoms with Gasteiger partial charge in [-0.1, -0.05) is 26.6 Å².